The van der Waals surface area contributed by atoms with Crippen molar-refractivity contribution in [1.29, 1.82) is 0 Å². The van der Waals surface area contributed by atoms with Gasteiger partial charge >= 0.3 is 0 Å². The molecule has 1 heterocycles. The molecule has 0 aliphatic rings. The van der Waals surface area contributed by atoms with Crippen molar-refractivity contribution in [2.45, 2.75) is 0 Å². The van der Waals surface area contributed by atoms with Gasteiger partial charge in [0.2, 0.25) is 5.91 Å². The predicted octanol–water partition coefficient (Wildman–Crippen LogP) is 4.39. The monoisotopic (exact) mass is 411 g/mol. The van der Waals surface area contributed by atoms with Gasteiger partial charge in [0.25, 0.3) is 5.69 Å². The summed E-state index contributed by atoms with van der Waals surface area (Å²) in [6, 6.07) is 11.5. The molecule has 0 saturated carbocycles. The van der Waals surface area contributed by atoms with Gasteiger partial charge in [0.05, 0.1) is 30.4 Å². The molecule has 8 nitrogen and oxygen atoms in total. The number of nitrogens with zero attached hydrogens (tertiary/aromatic N) is 2. The SMILES string of the molecule is COc1ccc(OC)c(-c2csc(NC(=O)/C=C/c3ccccc3[N+](=O)[O-])n2)c1. The number of amides is 1. The molecular formula is C20H17N3O5S. The molecule has 2 aromatic carbocycles. The average Bonchev–Trinajstić information content (AvgIpc) is 3.20. The van der Waals surface area contributed by atoms with Crippen LogP contribution in [0.25, 0.3) is 17.3 Å². The zero-order valence-corrected chi connectivity index (χ0v) is 16.4. The van der Waals surface area contributed by atoms with E-state index in [0.29, 0.717) is 27.9 Å². The summed E-state index contributed by atoms with van der Waals surface area (Å²) < 4.78 is 10.6. The topological polar surface area (TPSA) is 104 Å². The van der Waals surface area contributed by atoms with Gasteiger partial charge in [-0.15, -0.1) is 11.3 Å². The Morgan fingerprint density at radius 2 is 2.00 bits per heavy atom. The van der Waals surface area contributed by atoms with Gasteiger partial charge in [0.1, 0.15) is 11.5 Å². The lowest BCUT2D eigenvalue weighted by Crippen LogP contribution is -2.07. The number of aromatic nitrogens is 1. The summed E-state index contributed by atoms with van der Waals surface area (Å²) in [5.41, 5.74) is 1.63. The van der Waals surface area contributed by atoms with Crippen LogP contribution in [0.2, 0.25) is 0 Å². The van der Waals surface area contributed by atoms with Gasteiger partial charge in [-0.1, -0.05) is 12.1 Å². The Kier molecular flexibility index (Phi) is 6.20. The lowest BCUT2D eigenvalue weighted by molar-refractivity contribution is -0.385. The molecule has 1 N–H and O–H groups in total. The number of methoxy groups -OCH3 is 2. The summed E-state index contributed by atoms with van der Waals surface area (Å²) in [7, 11) is 3.13. The van der Waals surface area contributed by atoms with E-state index in [2.05, 4.69) is 10.3 Å². The number of benzene rings is 2. The number of rotatable bonds is 7. The third-order valence-electron chi connectivity index (χ3n) is 3.96. The van der Waals surface area contributed by atoms with Crippen LogP contribution < -0.4 is 14.8 Å². The highest BCUT2D eigenvalue weighted by molar-refractivity contribution is 7.14. The maximum Gasteiger partial charge on any atom is 0.276 e. The highest BCUT2D eigenvalue weighted by atomic mass is 32.1. The Bertz CT molecular complexity index is 1080. The van der Waals surface area contributed by atoms with Crippen molar-refractivity contribution >= 4 is 34.1 Å². The molecule has 3 aromatic rings. The van der Waals surface area contributed by atoms with Gasteiger partial charge < -0.3 is 9.47 Å². The van der Waals surface area contributed by atoms with Crippen molar-refractivity contribution in [2.75, 3.05) is 19.5 Å². The number of anilines is 1. The fraction of sp³-hybridized carbons (Fsp3) is 0.100. The zero-order chi connectivity index (χ0) is 20.8. The van der Waals surface area contributed by atoms with Gasteiger partial charge in [-0.25, -0.2) is 4.98 Å². The Balaban J connectivity index is 1.76. The zero-order valence-electron chi connectivity index (χ0n) is 15.6. The van der Waals surface area contributed by atoms with E-state index in [0.717, 1.165) is 5.56 Å². The van der Waals surface area contributed by atoms with Crippen molar-refractivity contribution in [2.24, 2.45) is 0 Å². The molecule has 148 valence electrons. The number of hydrogen-bond acceptors (Lipinski definition) is 7. The maximum absolute atomic E-state index is 12.2. The predicted molar refractivity (Wildman–Crippen MR) is 111 cm³/mol. The highest BCUT2D eigenvalue weighted by Gasteiger charge is 2.13. The summed E-state index contributed by atoms with van der Waals surface area (Å²) >= 11 is 1.25. The normalized spacial score (nSPS) is 10.7. The molecule has 0 spiro atoms. The molecule has 0 radical (unpaired) electrons. The van der Waals surface area contributed by atoms with Crippen LogP contribution in [-0.2, 0) is 4.79 Å². The molecule has 0 bridgehead atoms. The van der Waals surface area contributed by atoms with E-state index in [-0.39, 0.29) is 5.69 Å². The first-order valence-corrected chi connectivity index (χ1v) is 9.30. The summed E-state index contributed by atoms with van der Waals surface area (Å²) in [4.78, 5) is 27.1. The number of carbonyl (C=O) groups excluding carboxylic acids is 1. The van der Waals surface area contributed by atoms with Gasteiger partial charge in [-0.3, -0.25) is 20.2 Å². The Morgan fingerprint density at radius 1 is 1.21 bits per heavy atom. The van der Waals surface area contributed by atoms with Crippen LogP contribution in [0.15, 0.2) is 53.9 Å². The third kappa shape index (κ3) is 4.77. The largest absolute Gasteiger partial charge is 0.497 e. The molecule has 0 saturated heterocycles. The second kappa shape index (κ2) is 8.98. The third-order valence-corrected chi connectivity index (χ3v) is 4.72. The van der Waals surface area contributed by atoms with E-state index in [1.54, 1.807) is 56.0 Å². The molecule has 29 heavy (non-hydrogen) atoms. The van der Waals surface area contributed by atoms with Crippen LogP contribution in [0.3, 0.4) is 0 Å². The molecule has 1 amide bonds. The smallest absolute Gasteiger partial charge is 0.276 e. The van der Waals surface area contributed by atoms with Crippen molar-refractivity contribution < 1.29 is 19.2 Å². The number of thiazole rings is 1. The Morgan fingerprint density at radius 3 is 2.72 bits per heavy atom. The highest BCUT2D eigenvalue weighted by Crippen LogP contribution is 2.35. The van der Waals surface area contributed by atoms with Crippen LogP contribution in [0, 0.1) is 10.1 Å². The molecule has 0 unspecified atom stereocenters. The second-order valence-electron chi connectivity index (χ2n) is 5.74. The van der Waals surface area contributed by atoms with E-state index < -0.39 is 10.8 Å². The number of nitro groups is 1. The lowest BCUT2D eigenvalue weighted by Gasteiger charge is -2.08. The summed E-state index contributed by atoms with van der Waals surface area (Å²) in [5.74, 6) is 0.846. The van der Waals surface area contributed by atoms with Crippen molar-refractivity contribution in [3.8, 4) is 22.8 Å². The first kappa shape index (κ1) is 20.0. The van der Waals surface area contributed by atoms with Crippen molar-refractivity contribution in [3.63, 3.8) is 0 Å². The number of ether oxygens (including phenoxy) is 2. The fourth-order valence-electron chi connectivity index (χ4n) is 2.58. The number of nitrogens with one attached hydrogen (secondary N) is 1. The second-order valence-corrected chi connectivity index (χ2v) is 6.60. The Hall–Kier alpha value is -3.72. The summed E-state index contributed by atoms with van der Waals surface area (Å²) in [6.45, 7) is 0. The van der Waals surface area contributed by atoms with Crippen LogP contribution in [0.5, 0.6) is 11.5 Å². The minimum atomic E-state index is -0.494. The van der Waals surface area contributed by atoms with E-state index in [9.17, 15) is 14.9 Å². The van der Waals surface area contributed by atoms with Gasteiger partial charge in [-0.2, -0.15) is 0 Å². The van der Waals surface area contributed by atoms with Crippen molar-refractivity contribution in [1.82, 2.24) is 4.98 Å². The first-order valence-electron chi connectivity index (χ1n) is 8.42. The minimum absolute atomic E-state index is 0.0711. The van der Waals surface area contributed by atoms with Gasteiger partial charge in [-0.05, 0) is 30.3 Å². The molecule has 9 heteroatoms. The van der Waals surface area contributed by atoms with Gasteiger partial charge in [0, 0.05) is 23.1 Å². The van der Waals surface area contributed by atoms with E-state index in [1.807, 2.05) is 0 Å². The summed E-state index contributed by atoms with van der Waals surface area (Å²) in [5, 5.41) is 15.9. The quantitative estimate of drug-likeness (QED) is 0.351. The number of nitro benzene ring substituents is 1. The molecule has 0 atom stereocenters. The Labute approximate surface area is 170 Å². The molecular weight excluding hydrogens is 394 g/mol. The van der Waals surface area contributed by atoms with Crippen LogP contribution in [0.1, 0.15) is 5.56 Å². The maximum atomic E-state index is 12.2. The number of carbonyl (C=O) groups is 1. The molecule has 0 aliphatic carbocycles. The van der Waals surface area contributed by atoms with E-state index >= 15 is 0 Å². The lowest BCUT2D eigenvalue weighted by atomic mass is 10.1. The molecule has 1 aromatic heterocycles. The standard InChI is InChI=1S/C20H17N3O5S/c1-27-14-8-9-18(28-2)15(11-14)16-12-29-20(21-16)22-19(24)10-7-13-5-3-4-6-17(13)23(25)26/h3-12H,1-2H3,(H,21,22,24)/b10-7+. The van der Waals surface area contributed by atoms with Crippen LogP contribution in [0.4, 0.5) is 10.8 Å². The fourth-order valence-corrected chi connectivity index (χ4v) is 3.29. The van der Waals surface area contributed by atoms with Crippen LogP contribution in [-0.4, -0.2) is 30.0 Å². The van der Waals surface area contributed by atoms with E-state index in [1.165, 1.54) is 29.6 Å². The molecule has 0 aliphatic heterocycles. The van der Waals surface area contributed by atoms with Gasteiger partial charge in [0.15, 0.2) is 5.13 Å². The summed E-state index contributed by atoms with van der Waals surface area (Å²) in [6.07, 6.45) is 2.63. The first-order chi connectivity index (χ1) is 14.0. The molecule has 3 rings (SSSR count). The van der Waals surface area contributed by atoms with Crippen LogP contribution >= 0.6 is 11.3 Å². The minimum Gasteiger partial charge on any atom is -0.497 e. The number of hydrogen-bond donors (Lipinski definition) is 1. The van der Waals surface area contributed by atoms with E-state index in [4.69, 9.17) is 9.47 Å². The van der Waals surface area contributed by atoms with Crippen molar-refractivity contribution in [3.05, 3.63) is 69.6 Å². The molecule has 0 fully saturated rings. The average molecular weight is 411 g/mol. The number of para-hydroxylation sites is 1.